The summed E-state index contributed by atoms with van der Waals surface area (Å²) in [5.74, 6) is -0.942. The second-order valence-electron chi connectivity index (χ2n) is 20.9. The average molecular weight is 1120 g/mol. The van der Waals surface area contributed by atoms with E-state index >= 15 is 0 Å². The zero-order valence-electron chi connectivity index (χ0n) is 52.0. The van der Waals surface area contributed by atoms with E-state index < -0.39 is 6.10 Å². The minimum atomic E-state index is -0.800. The number of carbonyl (C=O) groups is 3. The van der Waals surface area contributed by atoms with Gasteiger partial charge in [0.25, 0.3) is 0 Å². The maximum absolute atomic E-state index is 12.9. The number of ether oxygens (including phenoxy) is 3. The molecular weight excluding hydrogens is 997 g/mol. The highest BCUT2D eigenvalue weighted by Crippen LogP contribution is 2.14. The molecule has 81 heavy (non-hydrogen) atoms. The maximum Gasteiger partial charge on any atom is 0.306 e. The van der Waals surface area contributed by atoms with Crippen molar-refractivity contribution >= 4 is 17.9 Å². The second-order valence-corrected chi connectivity index (χ2v) is 20.9. The summed E-state index contributed by atoms with van der Waals surface area (Å²) in [6.07, 6.45) is 99.5. The van der Waals surface area contributed by atoms with Crippen LogP contribution in [-0.4, -0.2) is 37.2 Å². The zero-order chi connectivity index (χ0) is 58.5. The molecule has 0 aromatic rings. The van der Waals surface area contributed by atoms with Crippen molar-refractivity contribution < 1.29 is 28.6 Å². The van der Waals surface area contributed by atoms with E-state index in [-0.39, 0.29) is 31.1 Å². The number of allylic oxidation sites excluding steroid dienone is 28. The summed E-state index contributed by atoms with van der Waals surface area (Å²) < 4.78 is 16.8. The lowest BCUT2D eigenvalue weighted by molar-refractivity contribution is -0.167. The Morgan fingerprint density at radius 1 is 0.259 bits per heavy atom. The van der Waals surface area contributed by atoms with Crippen LogP contribution in [0.25, 0.3) is 0 Å². The molecular formula is C75H118O6. The smallest absolute Gasteiger partial charge is 0.306 e. The molecule has 6 nitrogen and oxygen atoms in total. The fourth-order valence-corrected chi connectivity index (χ4v) is 8.40. The highest BCUT2D eigenvalue weighted by Gasteiger charge is 2.19. The number of hydrogen-bond donors (Lipinski definition) is 0. The summed E-state index contributed by atoms with van der Waals surface area (Å²) in [4.78, 5) is 38.1. The van der Waals surface area contributed by atoms with Gasteiger partial charge in [-0.25, -0.2) is 0 Å². The molecule has 0 spiro atoms. The molecule has 0 rings (SSSR count). The lowest BCUT2D eigenvalue weighted by Crippen LogP contribution is -2.30. The summed E-state index contributed by atoms with van der Waals surface area (Å²) in [6.45, 7) is 6.33. The first-order chi connectivity index (χ1) is 40.0. The summed E-state index contributed by atoms with van der Waals surface area (Å²) in [6, 6.07) is 0. The Hall–Kier alpha value is -5.23. The molecule has 0 fully saturated rings. The Morgan fingerprint density at radius 2 is 0.481 bits per heavy atom. The van der Waals surface area contributed by atoms with Gasteiger partial charge < -0.3 is 14.2 Å². The van der Waals surface area contributed by atoms with Crippen molar-refractivity contribution in [3.8, 4) is 0 Å². The molecule has 0 aliphatic carbocycles. The summed E-state index contributed by atoms with van der Waals surface area (Å²) in [5.41, 5.74) is 0. The van der Waals surface area contributed by atoms with Gasteiger partial charge in [-0.15, -0.1) is 0 Å². The van der Waals surface area contributed by atoms with Crippen LogP contribution in [0.1, 0.15) is 265 Å². The first-order valence-corrected chi connectivity index (χ1v) is 32.6. The molecule has 0 heterocycles. The van der Waals surface area contributed by atoms with Crippen molar-refractivity contribution in [1.29, 1.82) is 0 Å². The van der Waals surface area contributed by atoms with E-state index in [1.807, 2.05) is 0 Å². The van der Waals surface area contributed by atoms with Gasteiger partial charge in [0.15, 0.2) is 6.10 Å². The predicted molar refractivity (Wildman–Crippen MR) is 352 cm³/mol. The highest BCUT2D eigenvalue weighted by atomic mass is 16.6. The summed E-state index contributed by atoms with van der Waals surface area (Å²) in [7, 11) is 0. The van der Waals surface area contributed by atoms with Gasteiger partial charge in [-0.05, 0) is 135 Å². The fourth-order valence-electron chi connectivity index (χ4n) is 8.40. The molecule has 0 saturated heterocycles. The van der Waals surface area contributed by atoms with Crippen LogP contribution in [0, 0.1) is 0 Å². The Morgan fingerprint density at radius 3 is 0.753 bits per heavy atom. The van der Waals surface area contributed by atoms with Crippen molar-refractivity contribution in [3.63, 3.8) is 0 Å². The largest absolute Gasteiger partial charge is 0.462 e. The molecule has 0 aromatic heterocycles. The first kappa shape index (κ1) is 75.8. The minimum absolute atomic E-state index is 0.0960. The van der Waals surface area contributed by atoms with Crippen molar-refractivity contribution in [2.24, 2.45) is 0 Å². The third kappa shape index (κ3) is 65.5. The molecule has 0 aromatic carbocycles. The van der Waals surface area contributed by atoms with E-state index in [4.69, 9.17) is 14.2 Å². The number of rotatable bonds is 57. The van der Waals surface area contributed by atoms with E-state index in [2.05, 4.69) is 191 Å². The molecule has 0 aliphatic rings. The average Bonchev–Trinajstić information content (AvgIpc) is 3.47. The fraction of sp³-hybridized carbons (Fsp3) is 0.587. The van der Waals surface area contributed by atoms with E-state index in [1.54, 1.807) is 0 Å². The van der Waals surface area contributed by atoms with Gasteiger partial charge in [0.2, 0.25) is 0 Å². The van der Waals surface area contributed by atoms with Crippen molar-refractivity contribution in [2.75, 3.05) is 13.2 Å². The van der Waals surface area contributed by atoms with Crippen molar-refractivity contribution in [2.45, 2.75) is 271 Å². The Kier molecular flexibility index (Phi) is 62.9. The van der Waals surface area contributed by atoms with Crippen LogP contribution in [0.2, 0.25) is 0 Å². The van der Waals surface area contributed by atoms with Crippen LogP contribution in [0.3, 0.4) is 0 Å². The third-order valence-electron chi connectivity index (χ3n) is 13.2. The van der Waals surface area contributed by atoms with Gasteiger partial charge in [-0.1, -0.05) is 281 Å². The maximum atomic E-state index is 12.9. The van der Waals surface area contributed by atoms with Gasteiger partial charge in [0.1, 0.15) is 13.2 Å². The predicted octanol–water partition coefficient (Wildman–Crippen LogP) is 22.7. The van der Waals surface area contributed by atoms with Crippen molar-refractivity contribution in [3.05, 3.63) is 170 Å². The third-order valence-corrected chi connectivity index (χ3v) is 13.2. The highest BCUT2D eigenvalue weighted by molar-refractivity contribution is 5.71. The Bertz CT molecular complexity index is 1860. The van der Waals surface area contributed by atoms with Crippen LogP contribution in [0.15, 0.2) is 170 Å². The second kappa shape index (κ2) is 67.3. The normalized spacial score (nSPS) is 13.3. The van der Waals surface area contributed by atoms with Crippen LogP contribution in [-0.2, 0) is 28.6 Å². The quantitative estimate of drug-likeness (QED) is 0.0261. The molecule has 0 aliphatic heterocycles. The van der Waals surface area contributed by atoms with Gasteiger partial charge in [0.05, 0.1) is 0 Å². The number of unbranched alkanes of at least 4 members (excludes halogenated alkanes) is 18. The minimum Gasteiger partial charge on any atom is -0.462 e. The lowest BCUT2D eigenvalue weighted by Gasteiger charge is -2.18. The van der Waals surface area contributed by atoms with E-state index in [0.717, 1.165) is 167 Å². The molecule has 1 unspecified atom stereocenters. The molecule has 0 saturated carbocycles. The van der Waals surface area contributed by atoms with Crippen LogP contribution >= 0.6 is 0 Å². The number of carbonyl (C=O) groups excluding carboxylic acids is 3. The summed E-state index contributed by atoms with van der Waals surface area (Å²) >= 11 is 0. The topological polar surface area (TPSA) is 78.9 Å². The van der Waals surface area contributed by atoms with Gasteiger partial charge >= 0.3 is 17.9 Å². The van der Waals surface area contributed by atoms with Crippen LogP contribution < -0.4 is 0 Å². The lowest BCUT2D eigenvalue weighted by atomic mass is 10.1. The zero-order valence-corrected chi connectivity index (χ0v) is 52.0. The molecule has 1 atom stereocenters. The van der Waals surface area contributed by atoms with Crippen LogP contribution in [0.4, 0.5) is 0 Å². The molecule has 0 radical (unpaired) electrons. The number of hydrogen-bond acceptors (Lipinski definition) is 6. The van der Waals surface area contributed by atoms with Crippen molar-refractivity contribution in [1.82, 2.24) is 0 Å². The molecule has 0 bridgehead atoms. The van der Waals surface area contributed by atoms with E-state index in [1.165, 1.54) is 57.8 Å². The first-order valence-electron chi connectivity index (χ1n) is 32.6. The molecule has 454 valence electrons. The molecule has 0 N–H and O–H groups in total. The molecule has 0 amide bonds. The Labute approximate surface area is 498 Å². The Balaban J connectivity index is 4.27. The van der Waals surface area contributed by atoms with Gasteiger partial charge in [0, 0.05) is 19.3 Å². The number of esters is 3. The van der Waals surface area contributed by atoms with Gasteiger partial charge in [-0.2, -0.15) is 0 Å². The summed E-state index contributed by atoms with van der Waals surface area (Å²) in [5, 5.41) is 0. The SMILES string of the molecule is CC/C=C\C/C=C\C/C=C\C/C=C\C/C=C\C/C=C\C/C=C\C/C=C\CCCCCCC(=O)OCC(COC(=O)CCCCCCCCC)OC(=O)CCCCCCCCCC/C=C\C/C=C\C/C=C\C/C=C\C/C=C\C/C=C\CC. The van der Waals surface area contributed by atoms with Crippen LogP contribution in [0.5, 0.6) is 0 Å². The van der Waals surface area contributed by atoms with E-state index in [0.29, 0.717) is 19.3 Å². The van der Waals surface area contributed by atoms with E-state index in [9.17, 15) is 14.4 Å². The van der Waals surface area contributed by atoms with Gasteiger partial charge in [-0.3, -0.25) is 14.4 Å². The molecule has 6 heteroatoms. The standard InChI is InChI=1S/C75H118O6/c1-4-7-10-13-16-18-20-22-24-26-28-30-32-34-36-37-39-40-42-44-46-48-50-52-54-56-59-62-65-68-74(77)80-71-72(70-79-73(76)67-64-61-58-15-12-9-6-3)81-75(78)69-66-63-60-57-55-53-51-49-47-45-43-41-38-35-33-31-29-27-25-23-21-19-17-14-11-8-5-2/h7-8,10-11,16-19,22-25,28-31,34-36,38-40,43-46,50,52,72H,4-6,9,12-15,20-21,26-27,32-33,37,41-42,47-49,51,53-71H2,1-3H3/b10-7-,11-8-,18-16-,19-17-,24-22-,25-23-,30-28-,31-29-,36-34-,38-35-,40-39-,45-43-,46-44-,52-50-. The monoisotopic (exact) mass is 1110 g/mol.